The zero-order valence-electron chi connectivity index (χ0n) is 6.96. The smallest absolute Gasteiger partial charge is 0.376 e. The van der Waals surface area contributed by atoms with Crippen LogP contribution in [0.3, 0.4) is 0 Å². The molecule has 1 heterocycles. The van der Waals surface area contributed by atoms with E-state index in [-0.39, 0.29) is 17.9 Å². The molecule has 1 saturated carbocycles. The maximum absolute atomic E-state index is 11.4. The number of rotatable bonds is 0. The summed E-state index contributed by atoms with van der Waals surface area (Å²) in [5.41, 5.74) is 0. The summed E-state index contributed by atoms with van der Waals surface area (Å²) in [6.07, 6.45) is 2.41. The van der Waals surface area contributed by atoms with Crippen molar-refractivity contribution in [2.75, 3.05) is 0 Å². The maximum atomic E-state index is 11.4. The maximum Gasteiger partial charge on any atom is 0.415 e. The third kappa shape index (κ3) is 1.66. The Hall–Kier alpha value is -0.330. The van der Waals surface area contributed by atoms with E-state index < -0.39 is 6.09 Å². The Labute approximate surface area is 89.5 Å². The molecule has 0 radical (unpaired) electrons. The SMILES string of the molecule is O=C1NC2CCCC(I)C2C(=O)O1. The Bertz CT molecular complexity index is 256. The van der Waals surface area contributed by atoms with Gasteiger partial charge in [0.25, 0.3) is 0 Å². The Morgan fingerprint density at radius 2 is 2.15 bits per heavy atom. The molecule has 1 N–H and O–H groups in total. The summed E-state index contributed by atoms with van der Waals surface area (Å²) in [5, 5.41) is 2.69. The van der Waals surface area contributed by atoms with E-state index in [1.54, 1.807) is 0 Å². The average molecular weight is 295 g/mol. The molecule has 1 saturated heterocycles. The van der Waals surface area contributed by atoms with Crippen molar-refractivity contribution < 1.29 is 14.3 Å². The fraction of sp³-hybridized carbons (Fsp3) is 0.750. The molecular formula is C8H10INO3. The molecule has 1 aliphatic heterocycles. The lowest BCUT2D eigenvalue weighted by molar-refractivity contribution is -0.146. The number of hydrogen-bond donors (Lipinski definition) is 1. The van der Waals surface area contributed by atoms with Gasteiger partial charge in [-0.15, -0.1) is 0 Å². The van der Waals surface area contributed by atoms with Crippen LogP contribution in [-0.4, -0.2) is 22.0 Å². The van der Waals surface area contributed by atoms with E-state index in [2.05, 4.69) is 32.6 Å². The van der Waals surface area contributed by atoms with E-state index >= 15 is 0 Å². The van der Waals surface area contributed by atoms with Crippen molar-refractivity contribution in [1.29, 1.82) is 0 Å². The number of ether oxygens (including phenoxy) is 1. The number of carbonyl (C=O) groups is 2. The van der Waals surface area contributed by atoms with Crippen LogP contribution in [0.2, 0.25) is 0 Å². The van der Waals surface area contributed by atoms with E-state index in [4.69, 9.17) is 0 Å². The van der Waals surface area contributed by atoms with Gasteiger partial charge in [-0.3, -0.25) is 4.79 Å². The van der Waals surface area contributed by atoms with Gasteiger partial charge in [0.05, 0.1) is 5.92 Å². The van der Waals surface area contributed by atoms with Crippen LogP contribution in [-0.2, 0) is 9.53 Å². The van der Waals surface area contributed by atoms with Gasteiger partial charge in [0.15, 0.2) is 0 Å². The van der Waals surface area contributed by atoms with Gasteiger partial charge in [-0.25, -0.2) is 4.79 Å². The summed E-state index contributed by atoms with van der Waals surface area (Å²) >= 11 is 2.26. The molecule has 1 amide bonds. The van der Waals surface area contributed by atoms with Gasteiger partial charge in [-0.05, 0) is 12.8 Å². The fourth-order valence-electron chi connectivity index (χ4n) is 1.96. The van der Waals surface area contributed by atoms with Gasteiger partial charge in [0.1, 0.15) is 0 Å². The minimum Gasteiger partial charge on any atom is -0.376 e. The lowest BCUT2D eigenvalue weighted by Gasteiger charge is -2.36. The number of nitrogens with one attached hydrogen (secondary N) is 1. The Balaban J connectivity index is 2.17. The van der Waals surface area contributed by atoms with E-state index in [0.717, 1.165) is 19.3 Å². The van der Waals surface area contributed by atoms with Gasteiger partial charge in [0.2, 0.25) is 0 Å². The highest BCUT2D eigenvalue weighted by molar-refractivity contribution is 14.1. The number of alkyl halides is 1. The van der Waals surface area contributed by atoms with Crippen LogP contribution in [0.15, 0.2) is 0 Å². The summed E-state index contributed by atoms with van der Waals surface area (Å²) in [6, 6.07) is 0.00407. The monoisotopic (exact) mass is 295 g/mol. The highest BCUT2D eigenvalue weighted by atomic mass is 127. The minimum absolute atomic E-state index is 0.00407. The summed E-state index contributed by atoms with van der Waals surface area (Å²) in [5.74, 6) is -0.486. The highest BCUT2D eigenvalue weighted by Gasteiger charge is 2.43. The molecule has 3 atom stereocenters. The molecule has 72 valence electrons. The molecular weight excluding hydrogens is 285 g/mol. The lowest BCUT2D eigenvalue weighted by atomic mass is 9.84. The van der Waals surface area contributed by atoms with Crippen LogP contribution in [0.4, 0.5) is 4.79 Å². The number of carbonyl (C=O) groups excluding carboxylic acids is 2. The molecule has 5 heteroatoms. The topological polar surface area (TPSA) is 55.4 Å². The van der Waals surface area contributed by atoms with Crippen molar-refractivity contribution in [3.8, 4) is 0 Å². The Morgan fingerprint density at radius 1 is 1.38 bits per heavy atom. The average Bonchev–Trinajstić information content (AvgIpc) is 2.02. The number of fused-ring (bicyclic) bond motifs is 1. The van der Waals surface area contributed by atoms with Gasteiger partial charge in [-0.1, -0.05) is 29.0 Å². The zero-order chi connectivity index (χ0) is 9.42. The van der Waals surface area contributed by atoms with Crippen LogP contribution in [0.1, 0.15) is 19.3 Å². The van der Waals surface area contributed by atoms with Crippen molar-refractivity contribution in [3.63, 3.8) is 0 Å². The first-order valence-electron chi connectivity index (χ1n) is 4.35. The molecule has 4 nitrogen and oxygen atoms in total. The molecule has 0 bridgehead atoms. The number of amides is 1. The van der Waals surface area contributed by atoms with Crippen molar-refractivity contribution >= 4 is 34.7 Å². The summed E-state index contributed by atoms with van der Waals surface area (Å²) in [7, 11) is 0. The van der Waals surface area contributed by atoms with Gasteiger partial charge in [-0.2, -0.15) is 0 Å². The van der Waals surface area contributed by atoms with E-state index in [0.29, 0.717) is 3.92 Å². The normalized spacial score (nSPS) is 39.0. The van der Waals surface area contributed by atoms with E-state index in [1.807, 2.05) is 0 Å². The van der Waals surface area contributed by atoms with Crippen LogP contribution >= 0.6 is 22.6 Å². The zero-order valence-corrected chi connectivity index (χ0v) is 9.11. The number of hydrogen-bond acceptors (Lipinski definition) is 3. The third-order valence-corrected chi connectivity index (χ3v) is 3.98. The van der Waals surface area contributed by atoms with Crippen molar-refractivity contribution in [2.45, 2.75) is 29.2 Å². The quantitative estimate of drug-likeness (QED) is 0.316. The Kier molecular flexibility index (Phi) is 2.44. The molecule has 13 heavy (non-hydrogen) atoms. The number of alkyl carbamates (subject to hydrolysis) is 1. The van der Waals surface area contributed by atoms with Gasteiger partial charge in [0, 0.05) is 9.97 Å². The standard InChI is InChI=1S/C8H10INO3/c9-4-2-1-3-5-6(4)7(11)13-8(12)10-5/h4-6H,1-3H2,(H,10,12). The molecule has 0 aromatic carbocycles. The summed E-state index contributed by atoms with van der Waals surface area (Å²) in [4.78, 5) is 22.2. The predicted molar refractivity (Wildman–Crippen MR) is 53.6 cm³/mol. The second-order valence-corrected chi connectivity index (χ2v) is 5.03. The molecule has 0 spiro atoms. The van der Waals surface area contributed by atoms with Gasteiger partial charge >= 0.3 is 12.1 Å². The summed E-state index contributed by atoms with van der Waals surface area (Å²) < 4.78 is 4.83. The van der Waals surface area contributed by atoms with Crippen LogP contribution in [0.5, 0.6) is 0 Å². The van der Waals surface area contributed by atoms with Gasteiger partial charge < -0.3 is 10.1 Å². The molecule has 2 fully saturated rings. The van der Waals surface area contributed by atoms with Crippen molar-refractivity contribution in [3.05, 3.63) is 0 Å². The Morgan fingerprint density at radius 3 is 2.92 bits per heavy atom. The van der Waals surface area contributed by atoms with Crippen molar-refractivity contribution in [2.24, 2.45) is 5.92 Å². The molecule has 2 rings (SSSR count). The largest absolute Gasteiger partial charge is 0.415 e. The highest BCUT2D eigenvalue weighted by Crippen LogP contribution is 2.33. The third-order valence-electron chi connectivity index (χ3n) is 2.59. The second kappa shape index (κ2) is 3.43. The second-order valence-electron chi connectivity index (χ2n) is 3.43. The van der Waals surface area contributed by atoms with Crippen molar-refractivity contribution in [1.82, 2.24) is 5.32 Å². The molecule has 0 aromatic rings. The van der Waals surface area contributed by atoms with Crippen LogP contribution in [0, 0.1) is 5.92 Å². The first kappa shape index (κ1) is 9.23. The van der Waals surface area contributed by atoms with E-state index in [9.17, 15) is 9.59 Å². The van der Waals surface area contributed by atoms with Crippen LogP contribution < -0.4 is 5.32 Å². The lowest BCUT2D eigenvalue weighted by Crippen LogP contribution is -2.55. The molecule has 1 aliphatic carbocycles. The molecule has 2 aliphatic rings. The number of halogens is 1. The fourth-order valence-corrected chi connectivity index (χ4v) is 3.19. The first-order chi connectivity index (χ1) is 6.18. The predicted octanol–water partition coefficient (Wildman–Crippen LogP) is 1.23. The van der Waals surface area contributed by atoms with Crippen LogP contribution in [0.25, 0.3) is 0 Å². The molecule has 3 unspecified atom stereocenters. The summed E-state index contributed by atoms with van der Waals surface area (Å²) in [6.45, 7) is 0. The first-order valence-corrected chi connectivity index (χ1v) is 5.59. The number of cyclic esters (lactones) is 2. The van der Waals surface area contributed by atoms with E-state index in [1.165, 1.54) is 0 Å². The number of esters is 1. The minimum atomic E-state index is -0.586. The molecule has 0 aromatic heterocycles.